The van der Waals surface area contributed by atoms with E-state index in [0.29, 0.717) is 26.2 Å². The number of hydrogen-bond acceptors (Lipinski definition) is 3. The van der Waals surface area contributed by atoms with Crippen LogP contribution in [0, 0.1) is 11.3 Å². The summed E-state index contributed by atoms with van der Waals surface area (Å²) >= 11 is 0. The number of hydrogen-bond donors (Lipinski definition) is 0. The number of piperazine rings is 1. The fraction of sp³-hybridized carbons (Fsp3) is 0.391. The van der Waals surface area contributed by atoms with Crippen molar-refractivity contribution < 1.29 is 4.79 Å². The molecule has 140 valence electrons. The number of carbonyl (C=O) groups excluding carboxylic acids is 1. The van der Waals surface area contributed by atoms with Gasteiger partial charge in [-0.25, -0.2) is 0 Å². The van der Waals surface area contributed by atoms with Crippen LogP contribution in [0.1, 0.15) is 48.3 Å². The molecule has 4 nitrogen and oxygen atoms in total. The van der Waals surface area contributed by atoms with Gasteiger partial charge in [-0.1, -0.05) is 63.2 Å². The Bertz CT molecular complexity index is 807. The molecule has 4 heteroatoms. The fourth-order valence-corrected chi connectivity index (χ4v) is 3.48. The fourth-order valence-electron chi connectivity index (χ4n) is 3.48. The maximum Gasteiger partial charge on any atom is 0.253 e. The van der Waals surface area contributed by atoms with E-state index in [1.165, 1.54) is 5.56 Å². The largest absolute Gasteiger partial charge is 0.336 e. The molecule has 0 aromatic heterocycles. The summed E-state index contributed by atoms with van der Waals surface area (Å²) in [6, 6.07) is 20.0. The Labute approximate surface area is 162 Å². The third-order valence-corrected chi connectivity index (χ3v) is 5.20. The van der Waals surface area contributed by atoms with E-state index < -0.39 is 0 Å². The van der Waals surface area contributed by atoms with Crippen LogP contribution in [0.4, 0.5) is 0 Å². The molecule has 1 fully saturated rings. The lowest BCUT2D eigenvalue weighted by molar-refractivity contribution is 0.0606. The second-order valence-electron chi connectivity index (χ2n) is 8.10. The summed E-state index contributed by atoms with van der Waals surface area (Å²) in [5.74, 6) is 0.0725. The second kappa shape index (κ2) is 7.94. The topological polar surface area (TPSA) is 47.3 Å². The standard InChI is InChI=1S/C23H27N3O/c1-23(2,3)20-11-9-19(10-12-20)22(27)26-15-13-25(14-16-26)21(17-24)18-7-5-4-6-8-18/h4-12,21H,13-16H2,1-3H3/t21-/m1/s1. The molecule has 0 N–H and O–H groups in total. The highest BCUT2D eigenvalue weighted by Crippen LogP contribution is 2.24. The first-order valence-corrected chi connectivity index (χ1v) is 9.48. The van der Waals surface area contributed by atoms with E-state index in [1.807, 2.05) is 59.5 Å². The molecule has 0 spiro atoms. The number of nitrogens with zero attached hydrogens (tertiary/aromatic N) is 3. The molecule has 1 saturated heterocycles. The molecule has 1 heterocycles. The van der Waals surface area contributed by atoms with Gasteiger partial charge in [0.1, 0.15) is 6.04 Å². The van der Waals surface area contributed by atoms with E-state index in [1.54, 1.807) is 0 Å². The van der Waals surface area contributed by atoms with E-state index in [9.17, 15) is 10.1 Å². The van der Waals surface area contributed by atoms with Gasteiger partial charge in [0.25, 0.3) is 5.91 Å². The lowest BCUT2D eigenvalue weighted by Gasteiger charge is -2.37. The maximum absolute atomic E-state index is 12.8. The lowest BCUT2D eigenvalue weighted by Crippen LogP contribution is -2.49. The van der Waals surface area contributed by atoms with E-state index in [0.717, 1.165) is 11.1 Å². The van der Waals surface area contributed by atoms with Crippen molar-refractivity contribution in [3.63, 3.8) is 0 Å². The Hall–Kier alpha value is -2.64. The lowest BCUT2D eigenvalue weighted by atomic mass is 9.86. The molecule has 1 amide bonds. The van der Waals surface area contributed by atoms with Crippen molar-refractivity contribution in [2.75, 3.05) is 26.2 Å². The highest BCUT2D eigenvalue weighted by atomic mass is 16.2. The van der Waals surface area contributed by atoms with Gasteiger partial charge in [0.05, 0.1) is 6.07 Å². The maximum atomic E-state index is 12.8. The molecule has 0 bridgehead atoms. The Balaban J connectivity index is 1.63. The van der Waals surface area contributed by atoms with E-state index >= 15 is 0 Å². The third kappa shape index (κ3) is 4.37. The monoisotopic (exact) mass is 361 g/mol. The first-order valence-electron chi connectivity index (χ1n) is 9.48. The molecular weight excluding hydrogens is 334 g/mol. The SMILES string of the molecule is CC(C)(C)c1ccc(C(=O)N2CCN([C@H](C#N)c3ccccc3)CC2)cc1. The molecule has 0 unspecified atom stereocenters. The molecule has 0 aliphatic carbocycles. The van der Waals surface area contributed by atoms with E-state index in [-0.39, 0.29) is 17.4 Å². The van der Waals surface area contributed by atoms with Crippen LogP contribution in [0.5, 0.6) is 0 Å². The first-order chi connectivity index (χ1) is 12.9. The quantitative estimate of drug-likeness (QED) is 0.830. The molecule has 1 aliphatic rings. The number of benzene rings is 2. The van der Waals surface area contributed by atoms with Crippen LogP contribution in [-0.4, -0.2) is 41.9 Å². The summed E-state index contributed by atoms with van der Waals surface area (Å²) in [5, 5.41) is 9.60. The van der Waals surface area contributed by atoms with Crippen molar-refractivity contribution in [2.45, 2.75) is 32.2 Å². The highest BCUT2D eigenvalue weighted by Gasteiger charge is 2.27. The van der Waals surface area contributed by atoms with Crippen molar-refractivity contribution in [3.05, 3.63) is 71.3 Å². The predicted molar refractivity (Wildman–Crippen MR) is 107 cm³/mol. The Morgan fingerprint density at radius 2 is 1.56 bits per heavy atom. The third-order valence-electron chi connectivity index (χ3n) is 5.20. The van der Waals surface area contributed by atoms with Crippen LogP contribution in [0.3, 0.4) is 0 Å². The van der Waals surface area contributed by atoms with Gasteiger partial charge >= 0.3 is 0 Å². The average Bonchev–Trinajstić information content (AvgIpc) is 2.69. The van der Waals surface area contributed by atoms with Gasteiger partial charge < -0.3 is 4.90 Å². The minimum absolute atomic E-state index is 0.0725. The smallest absolute Gasteiger partial charge is 0.253 e. The molecule has 0 saturated carbocycles. The van der Waals surface area contributed by atoms with Crippen molar-refractivity contribution in [1.29, 1.82) is 5.26 Å². The zero-order valence-electron chi connectivity index (χ0n) is 16.4. The summed E-state index contributed by atoms with van der Waals surface area (Å²) in [6.45, 7) is 9.21. The van der Waals surface area contributed by atoms with Gasteiger partial charge in [-0.2, -0.15) is 5.26 Å². The van der Waals surface area contributed by atoms with E-state index in [2.05, 4.69) is 31.7 Å². The van der Waals surface area contributed by atoms with Crippen molar-refractivity contribution >= 4 is 5.91 Å². The van der Waals surface area contributed by atoms with Gasteiger partial charge in [0.15, 0.2) is 0 Å². The van der Waals surface area contributed by atoms with Crippen molar-refractivity contribution in [2.24, 2.45) is 0 Å². The Morgan fingerprint density at radius 1 is 0.963 bits per heavy atom. The predicted octanol–water partition coefficient (Wildman–Crippen LogP) is 4.01. The molecule has 2 aromatic carbocycles. The van der Waals surface area contributed by atoms with Crippen LogP contribution < -0.4 is 0 Å². The van der Waals surface area contributed by atoms with Gasteiger partial charge in [-0.3, -0.25) is 9.69 Å². The Morgan fingerprint density at radius 3 is 2.07 bits per heavy atom. The van der Waals surface area contributed by atoms with Gasteiger partial charge in [0, 0.05) is 31.7 Å². The van der Waals surface area contributed by atoms with E-state index in [4.69, 9.17) is 0 Å². The summed E-state index contributed by atoms with van der Waals surface area (Å²) in [4.78, 5) is 16.9. The molecular formula is C23H27N3O. The van der Waals surface area contributed by atoms with Gasteiger partial charge in [-0.15, -0.1) is 0 Å². The summed E-state index contributed by atoms with van der Waals surface area (Å²) in [6.07, 6.45) is 0. The minimum atomic E-state index is -0.255. The number of nitriles is 1. The number of carbonyl (C=O) groups is 1. The number of amides is 1. The molecule has 1 atom stereocenters. The summed E-state index contributed by atoms with van der Waals surface area (Å²) < 4.78 is 0. The molecule has 0 radical (unpaired) electrons. The zero-order valence-corrected chi connectivity index (χ0v) is 16.4. The summed E-state index contributed by atoms with van der Waals surface area (Å²) in [5.41, 5.74) is 3.05. The zero-order chi connectivity index (χ0) is 19.4. The molecule has 3 rings (SSSR count). The molecule has 2 aromatic rings. The van der Waals surface area contributed by atoms with Gasteiger partial charge in [-0.05, 0) is 28.7 Å². The average molecular weight is 361 g/mol. The highest BCUT2D eigenvalue weighted by molar-refractivity contribution is 5.94. The normalized spacial score (nSPS) is 16.6. The second-order valence-corrected chi connectivity index (χ2v) is 8.10. The van der Waals surface area contributed by atoms with Gasteiger partial charge in [0.2, 0.25) is 0 Å². The van der Waals surface area contributed by atoms with Crippen LogP contribution in [0.2, 0.25) is 0 Å². The van der Waals surface area contributed by atoms with Crippen molar-refractivity contribution in [1.82, 2.24) is 9.80 Å². The van der Waals surface area contributed by atoms with Crippen LogP contribution in [0.15, 0.2) is 54.6 Å². The first kappa shape index (κ1) is 19.1. The van der Waals surface area contributed by atoms with Crippen molar-refractivity contribution in [3.8, 4) is 6.07 Å². The van der Waals surface area contributed by atoms with Crippen LogP contribution >= 0.6 is 0 Å². The minimum Gasteiger partial charge on any atom is -0.336 e. The Kier molecular flexibility index (Phi) is 5.62. The molecule has 27 heavy (non-hydrogen) atoms. The number of rotatable bonds is 3. The summed E-state index contributed by atoms with van der Waals surface area (Å²) in [7, 11) is 0. The van der Waals surface area contributed by atoms with Crippen LogP contribution in [0.25, 0.3) is 0 Å². The molecule has 1 aliphatic heterocycles. The van der Waals surface area contributed by atoms with Crippen LogP contribution in [-0.2, 0) is 5.41 Å².